The molecule has 0 heterocycles. The number of carbonyl (C=O) groups is 1. The van der Waals surface area contributed by atoms with Crippen molar-refractivity contribution in [3.8, 4) is 0 Å². The minimum absolute atomic E-state index is 0. The Morgan fingerprint density at radius 1 is 1.39 bits per heavy atom. The number of nitrogens with one attached hydrogen (secondary N) is 1. The maximum Gasteiger partial charge on any atom is 0.240 e. The van der Waals surface area contributed by atoms with Crippen LogP contribution < -0.4 is 11.1 Å². The minimum Gasteiger partial charge on any atom is -0.378 e. The lowest BCUT2D eigenvalue weighted by molar-refractivity contribution is -0.170. The van der Waals surface area contributed by atoms with Crippen LogP contribution in [0, 0.1) is 5.41 Å². The molecule has 1 aliphatic rings. The van der Waals surface area contributed by atoms with Gasteiger partial charge in [-0.05, 0) is 31.0 Å². The Morgan fingerprint density at radius 3 is 2.52 bits per heavy atom. The number of rotatable bonds is 6. The first kappa shape index (κ1) is 20.4. The van der Waals surface area contributed by atoms with E-state index in [4.69, 9.17) is 10.5 Å². The molecule has 1 amide bonds. The van der Waals surface area contributed by atoms with E-state index in [9.17, 15) is 4.79 Å². The van der Waals surface area contributed by atoms with Gasteiger partial charge in [-0.15, -0.1) is 12.4 Å². The van der Waals surface area contributed by atoms with Gasteiger partial charge in [-0.3, -0.25) is 4.79 Å². The number of ether oxygens (including phenoxy) is 1. The molecule has 1 aliphatic carbocycles. The van der Waals surface area contributed by atoms with Crippen LogP contribution >= 0.6 is 28.3 Å². The SMILES string of the molecule is CCOC1CC(N)(C(=O)NCCc2ccc(Br)cc2)C1(C)C.Cl. The van der Waals surface area contributed by atoms with E-state index < -0.39 is 5.54 Å². The molecule has 2 rings (SSSR count). The van der Waals surface area contributed by atoms with Gasteiger partial charge in [0.05, 0.1) is 6.10 Å². The average Bonchev–Trinajstić information content (AvgIpc) is 2.48. The first-order valence-electron chi connectivity index (χ1n) is 7.74. The van der Waals surface area contributed by atoms with Crippen LogP contribution in [0.2, 0.25) is 0 Å². The number of halogens is 2. The Bertz CT molecular complexity index is 536. The molecule has 2 unspecified atom stereocenters. The fourth-order valence-corrected chi connectivity index (χ4v) is 3.21. The standard InChI is InChI=1S/C17H25BrN2O2.ClH/c1-4-22-14-11-17(19,16(14,2)3)15(21)20-10-9-12-5-7-13(18)8-6-12;/h5-8,14H,4,9-11,19H2,1-3H3,(H,20,21);1H. The van der Waals surface area contributed by atoms with Gasteiger partial charge < -0.3 is 15.8 Å². The Kier molecular flexibility index (Phi) is 7.08. The first-order chi connectivity index (χ1) is 10.3. The van der Waals surface area contributed by atoms with Crippen LogP contribution in [-0.4, -0.2) is 30.7 Å². The molecule has 1 aromatic carbocycles. The van der Waals surface area contributed by atoms with Crippen molar-refractivity contribution in [2.24, 2.45) is 11.1 Å². The zero-order valence-electron chi connectivity index (χ0n) is 13.9. The Labute approximate surface area is 153 Å². The molecule has 0 saturated heterocycles. The maximum absolute atomic E-state index is 12.5. The van der Waals surface area contributed by atoms with Crippen molar-refractivity contribution < 1.29 is 9.53 Å². The number of nitrogens with two attached hydrogens (primary N) is 1. The summed E-state index contributed by atoms with van der Waals surface area (Å²) in [6.45, 7) is 7.21. The Hall–Kier alpha value is -0.620. The van der Waals surface area contributed by atoms with Crippen LogP contribution in [0.25, 0.3) is 0 Å². The summed E-state index contributed by atoms with van der Waals surface area (Å²) in [5.41, 5.74) is 6.35. The van der Waals surface area contributed by atoms with Gasteiger partial charge in [0.15, 0.2) is 0 Å². The molecule has 4 nitrogen and oxygen atoms in total. The first-order valence-corrected chi connectivity index (χ1v) is 8.54. The summed E-state index contributed by atoms with van der Waals surface area (Å²) in [6.07, 6.45) is 1.43. The van der Waals surface area contributed by atoms with E-state index in [2.05, 4.69) is 21.2 Å². The average molecular weight is 406 g/mol. The quantitative estimate of drug-likeness (QED) is 0.764. The van der Waals surface area contributed by atoms with Crippen molar-refractivity contribution in [3.05, 3.63) is 34.3 Å². The van der Waals surface area contributed by atoms with Crippen LogP contribution in [0.5, 0.6) is 0 Å². The molecular formula is C17H26BrClN2O2. The van der Waals surface area contributed by atoms with Gasteiger partial charge in [-0.1, -0.05) is 41.9 Å². The molecule has 0 aromatic heterocycles. The summed E-state index contributed by atoms with van der Waals surface area (Å²) in [6, 6.07) is 8.10. The molecule has 0 bridgehead atoms. The Balaban J connectivity index is 0.00000264. The molecule has 2 atom stereocenters. The summed E-state index contributed by atoms with van der Waals surface area (Å²) >= 11 is 3.41. The van der Waals surface area contributed by atoms with Crippen molar-refractivity contribution in [1.29, 1.82) is 0 Å². The van der Waals surface area contributed by atoms with E-state index in [1.54, 1.807) is 0 Å². The normalized spacial score (nSPS) is 25.2. The van der Waals surface area contributed by atoms with E-state index in [1.807, 2.05) is 45.0 Å². The Morgan fingerprint density at radius 2 is 2.00 bits per heavy atom. The molecule has 0 spiro atoms. The number of hydrogen-bond acceptors (Lipinski definition) is 3. The third kappa shape index (κ3) is 4.08. The highest BCUT2D eigenvalue weighted by Gasteiger charge is 2.62. The molecule has 23 heavy (non-hydrogen) atoms. The second-order valence-corrected chi connectivity index (χ2v) is 7.39. The minimum atomic E-state index is -0.841. The van der Waals surface area contributed by atoms with Crippen molar-refractivity contribution in [2.45, 2.75) is 45.3 Å². The summed E-state index contributed by atoms with van der Waals surface area (Å²) in [7, 11) is 0. The van der Waals surface area contributed by atoms with Gasteiger partial charge in [0.2, 0.25) is 5.91 Å². The topological polar surface area (TPSA) is 64.3 Å². The molecule has 6 heteroatoms. The summed E-state index contributed by atoms with van der Waals surface area (Å²) in [5.74, 6) is -0.0782. The van der Waals surface area contributed by atoms with Crippen molar-refractivity contribution in [2.75, 3.05) is 13.2 Å². The predicted octanol–water partition coefficient (Wildman–Crippen LogP) is 3.06. The highest BCUT2D eigenvalue weighted by Crippen LogP contribution is 2.49. The van der Waals surface area contributed by atoms with Gasteiger partial charge >= 0.3 is 0 Å². The highest BCUT2D eigenvalue weighted by atomic mass is 79.9. The van der Waals surface area contributed by atoms with E-state index in [-0.39, 0.29) is 29.8 Å². The van der Waals surface area contributed by atoms with Crippen molar-refractivity contribution in [3.63, 3.8) is 0 Å². The lowest BCUT2D eigenvalue weighted by Gasteiger charge is -2.57. The largest absolute Gasteiger partial charge is 0.378 e. The van der Waals surface area contributed by atoms with Gasteiger partial charge in [0.25, 0.3) is 0 Å². The fourth-order valence-electron chi connectivity index (χ4n) is 2.95. The smallest absolute Gasteiger partial charge is 0.240 e. The second-order valence-electron chi connectivity index (χ2n) is 6.47. The second kappa shape index (κ2) is 7.97. The van der Waals surface area contributed by atoms with Crippen molar-refractivity contribution >= 4 is 34.2 Å². The van der Waals surface area contributed by atoms with Crippen molar-refractivity contribution in [1.82, 2.24) is 5.32 Å². The number of carbonyl (C=O) groups excluding carboxylic acids is 1. The molecule has 0 aliphatic heterocycles. The van der Waals surface area contributed by atoms with Crippen LogP contribution in [0.15, 0.2) is 28.7 Å². The molecule has 3 N–H and O–H groups in total. The van der Waals surface area contributed by atoms with Crippen LogP contribution in [-0.2, 0) is 16.0 Å². The molecule has 1 aromatic rings. The van der Waals surface area contributed by atoms with Crippen LogP contribution in [0.3, 0.4) is 0 Å². The van der Waals surface area contributed by atoms with Crippen LogP contribution in [0.1, 0.15) is 32.8 Å². The zero-order chi connectivity index (χ0) is 16.4. The van der Waals surface area contributed by atoms with Gasteiger partial charge in [-0.25, -0.2) is 0 Å². The molecule has 130 valence electrons. The third-order valence-electron chi connectivity index (χ3n) is 4.85. The fraction of sp³-hybridized carbons (Fsp3) is 0.588. The lowest BCUT2D eigenvalue weighted by atomic mass is 9.54. The summed E-state index contributed by atoms with van der Waals surface area (Å²) in [4.78, 5) is 12.5. The highest BCUT2D eigenvalue weighted by molar-refractivity contribution is 9.10. The van der Waals surface area contributed by atoms with Crippen LogP contribution in [0.4, 0.5) is 0 Å². The third-order valence-corrected chi connectivity index (χ3v) is 5.38. The van der Waals surface area contributed by atoms with Gasteiger partial charge in [0, 0.05) is 29.5 Å². The number of hydrogen-bond donors (Lipinski definition) is 2. The maximum atomic E-state index is 12.5. The van der Waals surface area contributed by atoms with Gasteiger partial charge in [0.1, 0.15) is 5.54 Å². The number of benzene rings is 1. The van der Waals surface area contributed by atoms with E-state index in [0.717, 1.165) is 10.9 Å². The zero-order valence-corrected chi connectivity index (χ0v) is 16.3. The summed E-state index contributed by atoms with van der Waals surface area (Å²) < 4.78 is 6.71. The van der Waals surface area contributed by atoms with E-state index in [1.165, 1.54) is 5.56 Å². The van der Waals surface area contributed by atoms with E-state index in [0.29, 0.717) is 19.6 Å². The molecule has 0 radical (unpaired) electrons. The monoisotopic (exact) mass is 404 g/mol. The molecule has 1 saturated carbocycles. The molecular weight excluding hydrogens is 380 g/mol. The predicted molar refractivity (Wildman–Crippen MR) is 98.8 cm³/mol. The molecule has 1 fully saturated rings. The summed E-state index contributed by atoms with van der Waals surface area (Å²) in [5, 5.41) is 2.98. The van der Waals surface area contributed by atoms with Gasteiger partial charge in [-0.2, -0.15) is 0 Å². The van der Waals surface area contributed by atoms with E-state index >= 15 is 0 Å². The lowest BCUT2D eigenvalue weighted by Crippen LogP contribution is -2.75. The number of amides is 1.